The molecule has 0 spiro atoms. The van der Waals surface area contributed by atoms with E-state index >= 15 is 0 Å². The van der Waals surface area contributed by atoms with Crippen molar-refractivity contribution in [1.82, 2.24) is 10.2 Å². The highest BCUT2D eigenvalue weighted by molar-refractivity contribution is 5.70. The number of hydrogen-bond acceptors (Lipinski definition) is 4. The molecule has 72 valence electrons. The van der Waals surface area contributed by atoms with Crippen LogP contribution >= 0.6 is 0 Å². The maximum atomic E-state index is 11.0. The van der Waals surface area contributed by atoms with Crippen molar-refractivity contribution < 1.29 is 9.53 Å². The molecule has 0 aliphatic heterocycles. The van der Waals surface area contributed by atoms with Crippen LogP contribution in [-0.4, -0.2) is 22.8 Å². The summed E-state index contributed by atoms with van der Waals surface area (Å²) in [4.78, 5) is 11.0. The Kier molecular flexibility index (Phi) is 3.45. The van der Waals surface area contributed by atoms with Gasteiger partial charge in [0.05, 0.1) is 24.8 Å². The lowest BCUT2D eigenvalue weighted by atomic mass is 10.1. The van der Waals surface area contributed by atoms with Crippen molar-refractivity contribution in [3.8, 4) is 0 Å². The number of H-pyrrole nitrogens is 1. The number of rotatable bonds is 4. The summed E-state index contributed by atoms with van der Waals surface area (Å²) in [5.41, 5.74) is 6.36. The van der Waals surface area contributed by atoms with Gasteiger partial charge in [-0.05, 0) is 13.0 Å². The second-order valence-electron chi connectivity index (χ2n) is 2.61. The molecule has 3 N–H and O–H groups in total. The van der Waals surface area contributed by atoms with Gasteiger partial charge in [-0.1, -0.05) is 0 Å². The highest BCUT2D eigenvalue weighted by Crippen LogP contribution is 2.10. The minimum absolute atomic E-state index is 0.165. The van der Waals surface area contributed by atoms with Gasteiger partial charge in [-0.2, -0.15) is 5.10 Å². The second-order valence-corrected chi connectivity index (χ2v) is 2.61. The van der Waals surface area contributed by atoms with E-state index in [1.165, 1.54) is 0 Å². The molecule has 5 heteroatoms. The molecule has 1 unspecified atom stereocenters. The van der Waals surface area contributed by atoms with Gasteiger partial charge in [-0.25, -0.2) is 0 Å². The molecule has 13 heavy (non-hydrogen) atoms. The molecule has 1 rings (SSSR count). The molecular weight excluding hydrogens is 170 g/mol. The van der Waals surface area contributed by atoms with Gasteiger partial charge in [0.15, 0.2) is 0 Å². The molecule has 0 amide bonds. The molecule has 0 saturated heterocycles. The second kappa shape index (κ2) is 4.61. The average Bonchev–Trinajstić information content (AvgIpc) is 2.55. The Labute approximate surface area is 76.3 Å². The van der Waals surface area contributed by atoms with E-state index < -0.39 is 0 Å². The lowest BCUT2D eigenvalue weighted by molar-refractivity contribution is -0.143. The van der Waals surface area contributed by atoms with E-state index in [1.54, 1.807) is 19.2 Å². The summed E-state index contributed by atoms with van der Waals surface area (Å²) in [6, 6.07) is 1.36. The molecule has 0 aliphatic carbocycles. The summed E-state index contributed by atoms with van der Waals surface area (Å²) in [7, 11) is 0. The molecule has 0 aromatic carbocycles. The van der Waals surface area contributed by atoms with Gasteiger partial charge in [0.1, 0.15) is 0 Å². The minimum Gasteiger partial charge on any atom is -0.466 e. The maximum Gasteiger partial charge on any atom is 0.307 e. The first kappa shape index (κ1) is 9.73. The van der Waals surface area contributed by atoms with Crippen LogP contribution in [0.2, 0.25) is 0 Å². The van der Waals surface area contributed by atoms with Crippen LogP contribution in [0.25, 0.3) is 0 Å². The first-order chi connectivity index (χ1) is 6.24. The Morgan fingerprint density at radius 2 is 2.62 bits per heavy atom. The zero-order chi connectivity index (χ0) is 9.68. The summed E-state index contributed by atoms with van der Waals surface area (Å²) >= 11 is 0. The maximum absolute atomic E-state index is 11.0. The first-order valence-electron chi connectivity index (χ1n) is 4.15. The summed E-state index contributed by atoms with van der Waals surface area (Å²) in [5, 5.41) is 6.51. The molecule has 5 nitrogen and oxygen atoms in total. The quantitative estimate of drug-likeness (QED) is 0.660. The zero-order valence-electron chi connectivity index (χ0n) is 7.49. The van der Waals surface area contributed by atoms with Crippen LogP contribution in [0.15, 0.2) is 12.3 Å². The van der Waals surface area contributed by atoms with Crippen LogP contribution in [0, 0.1) is 0 Å². The predicted molar refractivity (Wildman–Crippen MR) is 46.8 cm³/mol. The van der Waals surface area contributed by atoms with Gasteiger partial charge < -0.3 is 10.5 Å². The molecule has 0 aliphatic rings. The van der Waals surface area contributed by atoms with Crippen LogP contribution in [0.3, 0.4) is 0 Å². The monoisotopic (exact) mass is 183 g/mol. The van der Waals surface area contributed by atoms with Crippen molar-refractivity contribution >= 4 is 5.97 Å². The van der Waals surface area contributed by atoms with Gasteiger partial charge in [-0.15, -0.1) is 0 Å². The van der Waals surface area contributed by atoms with Gasteiger partial charge in [0, 0.05) is 6.20 Å². The van der Waals surface area contributed by atoms with Crippen LogP contribution in [0.4, 0.5) is 0 Å². The number of aromatic amines is 1. The molecule has 0 fully saturated rings. The number of nitrogens with two attached hydrogens (primary N) is 1. The van der Waals surface area contributed by atoms with Gasteiger partial charge in [-0.3, -0.25) is 9.89 Å². The van der Waals surface area contributed by atoms with E-state index in [0.29, 0.717) is 12.3 Å². The molecule has 1 aromatic rings. The Morgan fingerprint density at radius 3 is 3.15 bits per heavy atom. The van der Waals surface area contributed by atoms with E-state index in [4.69, 9.17) is 10.5 Å². The lowest BCUT2D eigenvalue weighted by Crippen LogP contribution is -2.17. The number of ether oxygens (including phenoxy) is 1. The lowest BCUT2D eigenvalue weighted by Gasteiger charge is -2.06. The van der Waals surface area contributed by atoms with E-state index in [2.05, 4.69) is 10.2 Å². The van der Waals surface area contributed by atoms with Crippen molar-refractivity contribution in [3.05, 3.63) is 18.0 Å². The smallest absolute Gasteiger partial charge is 0.307 e. The molecule has 0 radical (unpaired) electrons. The number of carbonyl (C=O) groups is 1. The Hall–Kier alpha value is -1.36. The standard InChI is InChI=1S/C8H13N3O2/c1-2-13-8(12)5-6(9)7-3-4-10-11-7/h3-4,6H,2,5,9H2,1H3,(H,10,11). The molecule has 1 atom stereocenters. The fourth-order valence-corrected chi connectivity index (χ4v) is 0.982. The number of nitrogens with one attached hydrogen (secondary N) is 1. The Bertz CT molecular complexity index is 258. The third-order valence-electron chi connectivity index (χ3n) is 1.59. The summed E-state index contributed by atoms with van der Waals surface area (Å²) in [5.74, 6) is -0.294. The van der Waals surface area contributed by atoms with Crippen molar-refractivity contribution in [2.75, 3.05) is 6.61 Å². The van der Waals surface area contributed by atoms with Crippen LogP contribution in [-0.2, 0) is 9.53 Å². The predicted octanol–water partition coefficient (Wildman–Crippen LogP) is 0.363. The fraction of sp³-hybridized carbons (Fsp3) is 0.500. The summed E-state index contributed by atoms with van der Waals surface area (Å²) in [6.45, 7) is 2.14. The van der Waals surface area contributed by atoms with Gasteiger partial charge in [0.25, 0.3) is 0 Å². The number of nitrogens with zero attached hydrogens (tertiary/aromatic N) is 1. The minimum atomic E-state index is -0.384. The average molecular weight is 183 g/mol. The van der Waals surface area contributed by atoms with Gasteiger partial charge in [0.2, 0.25) is 0 Å². The third kappa shape index (κ3) is 2.87. The SMILES string of the molecule is CCOC(=O)CC(N)c1cc[nH]n1. The van der Waals surface area contributed by atoms with E-state index in [-0.39, 0.29) is 18.4 Å². The topological polar surface area (TPSA) is 81.0 Å². The molecule has 1 heterocycles. The van der Waals surface area contributed by atoms with E-state index in [0.717, 1.165) is 0 Å². The normalized spacial score (nSPS) is 12.5. The van der Waals surface area contributed by atoms with E-state index in [9.17, 15) is 4.79 Å². The number of hydrogen-bond donors (Lipinski definition) is 2. The highest BCUT2D eigenvalue weighted by atomic mass is 16.5. The largest absolute Gasteiger partial charge is 0.466 e. The van der Waals surface area contributed by atoms with Crippen molar-refractivity contribution in [1.29, 1.82) is 0 Å². The molecule has 1 aromatic heterocycles. The van der Waals surface area contributed by atoms with E-state index in [1.807, 2.05) is 0 Å². The molecule has 0 bridgehead atoms. The van der Waals surface area contributed by atoms with Crippen molar-refractivity contribution in [2.24, 2.45) is 5.73 Å². The van der Waals surface area contributed by atoms with Gasteiger partial charge >= 0.3 is 5.97 Å². The summed E-state index contributed by atoms with van der Waals surface area (Å²) in [6.07, 6.45) is 1.83. The van der Waals surface area contributed by atoms with Crippen molar-refractivity contribution in [2.45, 2.75) is 19.4 Å². The van der Waals surface area contributed by atoms with Crippen LogP contribution in [0.5, 0.6) is 0 Å². The zero-order valence-corrected chi connectivity index (χ0v) is 7.49. The Balaban J connectivity index is 2.42. The fourth-order valence-electron chi connectivity index (χ4n) is 0.982. The highest BCUT2D eigenvalue weighted by Gasteiger charge is 2.13. The van der Waals surface area contributed by atoms with Crippen LogP contribution in [0.1, 0.15) is 25.1 Å². The third-order valence-corrected chi connectivity index (χ3v) is 1.59. The number of esters is 1. The molecule has 0 saturated carbocycles. The van der Waals surface area contributed by atoms with Crippen LogP contribution < -0.4 is 5.73 Å². The van der Waals surface area contributed by atoms with Crippen molar-refractivity contribution in [3.63, 3.8) is 0 Å². The first-order valence-corrected chi connectivity index (χ1v) is 4.15. The summed E-state index contributed by atoms with van der Waals surface area (Å²) < 4.78 is 4.75. The number of aromatic nitrogens is 2. The number of carbonyl (C=O) groups excluding carboxylic acids is 1. The Morgan fingerprint density at radius 1 is 1.85 bits per heavy atom. The molecular formula is C8H13N3O2.